The lowest BCUT2D eigenvalue weighted by molar-refractivity contribution is -0.305. The van der Waals surface area contributed by atoms with E-state index in [-0.39, 0.29) is 19.4 Å². The van der Waals surface area contributed by atoms with E-state index in [1.165, 1.54) is 231 Å². The van der Waals surface area contributed by atoms with Gasteiger partial charge < -0.3 is 45.1 Å². The van der Waals surface area contributed by atoms with Gasteiger partial charge in [-0.05, 0) is 70.6 Å². The lowest BCUT2D eigenvalue weighted by Crippen LogP contribution is -2.61. The van der Waals surface area contributed by atoms with Gasteiger partial charge in [0, 0.05) is 6.42 Å². The monoisotopic (exact) mass is 1250 g/mol. The fourth-order valence-corrected chi connectivity index (χ4v) is 11.9. The van der Waals surface area contributed by atoms with Crippen molar-refractivity contribution in [1.29, 1.82) is 0 Å². The number of amides is 1. The molecule has 1 saturated heterocycles. The highest BCUT2D eigenvalue weighted by Crippen LogP contribution is 2.27. The summed E-state index contributed by atoms with van der Waals surface area (Å²) in [7, 11) is 0. The highest BCUT2D eigenvalue weighted by molar-refractivity contribution is 5.80. The standard InChI is InChI=1S/C78H143NO10/c1-4-7-10-13-16-19-22-25-27-29-31-33-35-37-38-40-42-44-47-50-53-56-59-62-65-71(82)77(86)79-69(70(81)64-61-58-55-52-49-46-24-21-18-15-12-9-6-3)68-87-78-76(75(85)74(84)72(67-80)88-78)89-73(83)66-63-60-57-54-51-48-45-43-41-39-36-34-32-30-28-26-23-20-17-14-11-8-5-2/h16,19,25,27,31,33,37-38,61,64,69-72,74-76,78,80-82,84-85H,4-15,17-18,20-24,26,28-30,32,34-36,39-60,62-63,65-68H2,1-3H3,(H,79,86)/b19-16-,27-25-,33-31-,38-37-,64-61+. The first kappa shape index (κ1) is 84.4. The minimum atomic E-state index is -1.61. The number of carbonyl (C=O) groups is 2. The predicted molar refractivity (Wildman–Crippen MR) is 375 cm³/mol. The van der Waals surface area contributed by atoms with Crippen molar-refractivity contribution >= 4 is 11.9 Å². The average molecular weight is 1250 g/mol. The number of hydrogen-bond acceptors (Lipinski definition) is 10. The molecule has 6 N–H and O–H groups in total. The minimum absolute atomic E-state index is 0.127. The molecular weight excluding hydrogens is 1110 g/mol. The first-order valence-electron chi connectivity index (χ1n) is 38.1. The van der Waals surface area contributed by atoms with Crippen LogP contribution >= 0.6 is 0 Å². The minimum Gasteiger partial charge on any atom is -0.454 e. The molecule has 89 heavy (non-hydrogen) atoms. The second-order valence-corrected chi connectivity index (χ2v) is 26.4. The summed E-state index contributed by atoms with van der Waals surface area (Å²) in [5.41, 5.74) is 0. The van der Waals surface area contributed by atoms with Gasteiger partial charge in [-0.3, -0.25) is 9.59 Å². The summed E-state index contributed by atoms with van der Waals surface area (Å²) in [6, 6.07) is -1.03. The zero-order valence-electron chi connectivity index (χ0n) is 58.1. The van der Waals surface area contributed by atoms with E-state index in [4.69, 9.17) is 14.2 Å². The van der Waals surface area contributed by atoms with Crippen molar-refractivity contribution in [3.05, 3.63) is 60.8 Å². The zero-order valence-corrected chi connectivity index (χ0v) is 58.1. The third kappa shape index (κ3) is 52.4. The quantitative estimate of drug-likeness (QED) is 0.0195. The van der Waals surface area contributed by atoms with Crippen molar-refractivity contribution in [2.45, 2.75) is 410 Å². The Labute approximate surface area is 548 Å². The van der Waals surface area contributed by atoms with Crippen LogP contribution in [0.1, 0.15) is 361 Å². The molecule has 0 aromatic heterocycles. The first-order valence-corrected chi connectivity index (χ1v) is 38.1. The molecule has 0 spiro atoms. The maximum atomic E-state index is 13.5. The Morgan fingerprint density at radius 1 is 0.438 bits per heavy atom. The number of aliphatic hydroxyl groups is 5. The van der Waals surface area contributed by atoms with Crippen LogP contribution in [-0.2, 0) is 23.8 Å². The Morgan fingerprint density at radius 3 is 1.18 bits per heavy atom. The number of aliphatic hydroxyl groups excluding tert-OH is 5. The van der Waals surface area contributed by atoms with Crippen LogP contribution in [0.5, 0.6) is 0 Å². The molecule has 0 bridgehead atoms. The molecule has 0 aromatic rings. The summed E-state index contributed by atoms with van der Waals surface area (Å²) in [6.07, 6.45) is 74.0. The molecule has 1 rings (SSSR count). The van der Waals surface area contributed by atoms with E-state index in [1.54, 1.807) is 6.08 Å². The number of unbranched alkanes of at least 4 members (excludes halogenated alkanes) is 44. The van der Waals surface area contributed by atoms with Gasteiger partial charge in [-0.2, -0.15) is 0 Å². The number of esters is 1. The highest BCUT2D eigenvalue weighted by atomic mass is 16.7. The Balaban J connectivity index is 2.56. The third-order valence-corrected chi connectivity index (χ3v) is 17.9. The summed E-state index contributed by atoms with van der Waals surface area (Å²) in [4.78, 5) is 26.7. The van der Waals surface area contributed by atoms with Crippen LogP contribution in [0, 0.1) is 0 Å². The number of ether oxygens (including phenoxy) is 3. The molecule has 8 unspecified atom stereocenters. The number of carbonyl (C=O) groups excluding carboxylic acids is 2. The molecule has 0 aromatic carbocycles. The number of allylic oxidation sites excluding steroid dienone is 9. The van der Waals surface area contributed by atoms with Crippen molar-refractivity contribution in [3.8, 4) is 0 Å². The summed E-state index contributed by atoms with van der Waals surface area (Å²) in [5, 5.41) is 57.4. The zero-order chi connectivity index (χ0) is 64.6. The fourth-order valence-electron chi connectivity index (χ4n) is 11.9. The molecule has 1 aliphatic rings. The summed E-state index contributed by atoms with van der Waals surface area (Å²) in [5.74, 6) is -1.19. The number of hydrogen-bond donors (Lipinski definition) is 6. The fraction of sp³-hybridized carbons (Fsp3) is 0.846. The van der Waals surface area contributed by atoms with Crippen LogP contribution in [0.4, 0.5) is 0 Å². The van der Waals surface area contributed by atoms with Crippen molar-refractivity contribution in [1.82, 2.24) is 5.32 Å². The van der Waals surface area contributed by atoms with Gasteiger partial charge >= 0.3 is 5.97 Å². The smallest absolute Gasteiger partial charge is 0.306 e. The van der Waals surface area contributed by atoms with Crippen LogP contribution in [0.25, 0.3) is 0 Å². The van der Waals surface area contributed by atoms with E-state index in [1.807, 2.05) is 6.08 Å². The molecule has 0 radical (unpaired) electrons. The van der Waals surface area contributed by atoms with Crippen LogP contribution in [-0.4, -0.2) is 99.6 Å². The molecular formula is C78H143NO10. The Hall–Kier alpha value is -2.64. The van der Waals surface area contributed by atoms with E-state index in [0.717, 1.165) is 83.5 Å². The Bertz CT molecular complexity index is 1680. The van der Waals surface area contributed by atoms with Gasteiger partial charge in [-0.25, -0.2) is 0 Å². The molecule has 1 amide bonds. The molecule has 1 fully saturated rings. The van der Waals surface area contributed by atoms with Crippen LogP contribution in [0.3, 0.4) is 0 Å². The molecule has 11 heteroatoms. The molecule has 1 heterocycles. The van der Waals surface area contributed by atoms with Crippen molar-refractivity contribution in [2.24, 2.45) is 0 Å². The first-order chi connectivity index (χ1) is 43.7. The van der Waals surface area contributed by atoms with Gasteiger partial charge in [0.25, 0.3) is 0 Å². The second kappa shape index (κ2) is 65.4. The summed E-state index contributed by atoms with van der Waals surface area (Å²) in [6.45, 7) is 5.82. The van der Waals surface area contributed by atoms with E-state index in [9.17, 15) is 35.1 Å². The topological polar surface area (TPSA) is 175 Å². The molecule has 1 aliphatic heterocycles. The normalized spacial score (nSPS) is 18.4. The maximum absolute atomic E-state index is 13.5. The van der Waals surface area contributed by atoms with E-state index >= 15 is 0 Å². The van der Waals surface area contributed by atoms with E-state index < -0.39 is 67.4 Å². The third-order valence-electron chi connectivity index (χ3n) is 17.9. The molecule has 0 aliphatic carbocycles. The summed E-state index contributed by atoms with van der Waals surface area (Å²) >= 11 is 0. The summed E-state index contributed by atoms with van der Waals surface area (Å²) < 4.78 is 17.7. The predicted octanol–water partition coefficient (Wildman–Crippen LogP) is 20.1. The molecule has 8 atom stereocenters. The van der Waals surface area contributed by atoms with Crippen LogP contribution < -0.4 is 5.32 Å². The Morgan fingerprint density at radius 2 is 0.775 bits per heavy atom. The van der Waals surface area contributed by atoms with Gasteiger partial charge in [-0.15, -0.1) is 0 Å². The van der Waals surface area contributed by atoms with Gasteiger partial charge in [-0.1, -0.05) is 345 Å². The van der Waals surface area contributed by atoms with Crippen molar-refractivity contribution in [2.75, 3.05) is 13.2 Å². The SMILES string of the molecule is CCCCC/C=C\C/C=C\C/C=C\C/C=C\CCCCCCCCCCC(O)C(=O)NC(COC1OC(CO)C(O)C(O)C1OC(=O)CCCCCCCCCCCCCCCCCCCCCCCCC)C(O)/C=C/CCCCCCCCCCCCC. The lowest BCUT2D eigenvalue weighted by atomic mass is 9.99. The molecule has 11 nitrogen and oxygen atoms in total. The van der Waals surface area contributed by atoms with Gasteiger partial charge in [0.2, 0.25) is 5.91 Å². The largest absolute Gasteiger partial charge is 0.454 e. The van der Waals surface area contributed by atoms with Crippen molar-refractivity contribution < 1.29 is 49.3 Å². The van der Waals surface area contributed by atoms with Crippen LogP contribution in [0.15, 0.2) is 60.8 Å². The van der Waals surface area contributed by atoms with Crippen molar-refractivity contribution in [3.63, 3.8) is 0 Å². The highest BCUT2D eigenvalue weighted by Gasteiger charge is 2.47. The average Bonchev–Trinajstić information content (AvgIpc) is 3.11. The molecule has 0 saturated carbocycles. The lowest BCUT2D eigenvalue weighted by Gasteiger charge is -2.41. The van der Waals surface area contributed by atoms with E-state index in [2.05, 4.69) is 74.7 Å². The molecule has 520 valence electrons. The van der Waals surface area contributed by atoms with Gasteiger partial charge in [0.15, 0.2) is 12.4 Å². The number of nitrogens with one attached hydrogen (secondary N) is 1. The Kier molecular flexibility index (Phi) is 62.0. The van der Waals surface area contributed by atoms with Crippen LogP contribution in [0.2, 0.25) is 0 Å². The maximum Gasteiger partial charge on any atom is 0.306 e. The second-order valence-electron chi connectivity index (χ2n) is 26.4. The van der Waals surface area contributed by atoms with E-state index in [0.29, 0.717) is 12.8 Å². The number of rotatable bonds is 66. The van der Waals surface area contributed by atoms with Gasteiger partial charge in [0.05, 0.1) is 25.4 Å². The van der Waals surface area contributed by atoms with Gasteiger partial charge in [0.1, 0.15) is 24.4 Å².